The Morgan fingerprint density at radius 2 is 2.07 bits per heavy atom. The van der Waals surface area contributed by atoms with Crippen LogP contribution in [0.15, 0.2) is 12.1 Å². The summed E-state index contributed by atoms with van der Waals surface area (Å²) in [6, 6.07) is 4.90. The van der Waals surface area contributed by atoms with Crippen LogP contribution >= 0.6 is 22.9 Å². The molecule has 1 saturated carbocycles. The lowest BCUT2D eigenvalue weighted by Gasteiger charge is -2.22. The molecule has 15 heavy (non-hydrogen) atoms. The summed E-state index contributed by atoms with van der Waals surface area (Å²) in [7, 11) is 0. The zero-order chi connectivity index (χ0) is 10.5. The maximum absolute atomic E-state index is 5.89. The summed E-state index contributed by atoms with van der Waals surface area (Å²) in [4.78, 5) is 1.39. The van der Waals surface area contributed by atoms with Gasteiger partial charge in [-0.05, 0) is 31.4 Å². The van der Waals surface area contributed by atoms with Crippen molar-refractivity contribution in [3.8, 4) is 0 Å². The predicted octanol–water partition coefficient (Wildman–Crippen LogP) is 3.87. The van der Waals surface area contributed by atoms with Crippen molar-refractivity contribution < 1.29 is 0 Å². The van der Waals surface area contributed by atoms with Crippen molar-refractivity contribution in [3.05, 3.63) is 21.3 Å². The molecule has 1 heterocycles. The van der Waals surface area contributed by atoms with Crippen LogP contribution < -0.4 is 5.32 Å². The molecule has 0 amide bonds. The van der Waals surface area contributed by atoms with Crippen molar-refractivity contribution in [2.45, 2.75) is 44.6 Å². The number of nitrogens with one attached hydrogen (secondary N) is 1. The molecule has 1 aliphatic rings. The first-order valence-electron chi connectivity index (χ1n) is 5.82. The second-order valence-electron chi connectivity index (χ2n) is 4.24. The summed E-state index contributed by atoms with van der Waals surface area (Å²) in [5.74, 6) is 0. The third-order valence-corrected chi connectivity index (χ3v) is 4.33. The highest BCUT2D eigenvalue weighted by Gasteiger charge is 2.11. The normalized spacial score (nSPS) is 18.2. The first-order chi connectivity index (χ1) is 7.34. The first-order valence-corrected chi connectivity index (χ1v) is 7.01. The van der Waals surface area contributed by atoms with Gasteiger partial charge in [-0.3, -0.25) is 0 Å². The number of halogens is 1. The summed E-state index contributed by atoms with van der Waals surface area (Å²) < 4.78 is 0.905. The van der Waals surface area contributed by atoms with Crippen LogP contribution in [0.5, 0.6) is 0 Å². The molecule has 0 unspecified atom stereocenters. The van der Waals surface area contributed by atoms with E-state index in [-0.39, 0.29) is 0 Å². The molecule has 1 aliphatic carbocycles. The van der Waals surface area contributed by atoms with Gasteiger partial charge in [0, 0.05) is 17.5 Å². The van der Waals surface area contributed by atoms with Gasteiger partial charge in [0.05, 0.1) is 4.34 Å². The highest BCUT2D eigenvalue weighted by molar-refractivity contribution is 7.16. The highest BCUT2D eigenvalue weighted by atomic mass is 35.5. The minimum atomic E-state index is 0.772. The maximum atomic E-state index is 5.89. The largest absolute Gasteiger partial charge is 0.314 e. The Morgan fingerprint density at radius 1 is 1.27 bits per heavy atom. The smallest absolute Gasteiger partial charge is 0.0931 e. The van der Waals surface area contributed by atoms with Crippen molar-refractivity contribution in [3.63, 3.8) is 0 Å². The van der Waals surface area contributed by atoms with Gasteiger partial charge in [0.15, 0.2) is 0 Å². The van der Waals surface area contributed by atoms with Gasteiger partial charge < -0.3 is 5.32 Å². The summed E-state index contributed by atoms with van der Waals surface area (Å²) in [5.41, 5.74) is 0. The molecule has 1 N–H and O–H groups in total. The van der Waals surface area contributed by atoms with Gasteiger partial charge in [0.2, 0.25) is 0 Å². The Morgan fingerprint density at radius 3 is 2.73 bits per heavy atom. The Bertz CT molecular complexity index is 292. The van der Waals surface area contributed by atoms with E-state index in [1.807, 2.05) is 6.07 Å². The van der Waals surface area contributed by atoms with Gasteiger partial charge in [0.25, 0.3) is 0 Å². The molecule has 0 saturated heterocycles. The number of thiophene rings is 1. The molecule has 3 heteroatoms. The van der Waals surface area contributed by atoms with Crippen LogP contribution in [0.1, 0.15) is 37.0 Å². The average molecular weight is 244 g/mol. The summed E-state index contributed by atoms with van der Waals surface area (Å²) in [6.07, 6.45) is 8.09. The monoisotopic (exact) mass is 243 g/mol. The molecule has 0 aliphatic heterocycles. The number of hydrogen-bond acceptors (Lipinski definition) is 2. The molecule has 0 spiro atoms. The first kappa shape index (κ1) is 11.4. The van der Waals surface area contributed by atoms with E-state index in [1.165, 1.54) is 37.0 Å². The predicted molar refractivity (Wildman–Crippen MR) is 67.9 cm³/mol. The molecule has 1 fully saturated rings. The molecule has 1 nitrogen and oxygen atoms in total. The van der Waals surface area contributed by atoms with Crippen LogP contribution in [0.3, 0.4) is 0 Å². The Kier molecular flexibility index (Phi) is 4.48. The van der Waals surface area contributed by atoms with E-state index in [0.29, 0.717) is 0 Å². The number of rotatable bonds is 4. The van der Waals surface area contributed by atoms with Crippen molar-refractivity contribution in [1.82, 2.24) is 5.32 Å². The van der Waals surface area contributed by atoms with Gasteiger partial charge in [-0.25, -0.2) is 0 Å². The van der Waals surface area contributed by atoms with Crippen LogP contribution in [0.4, 0.5) is 0 Å². The third kappa shape index (κ3) is 3.78. The molecule has 0 atom stereocenters. The second-order valence-corrected chi connectivity index (χ2v) is 6.04. The van der Waals surface area contributed by atoms with E-state index in [9.17, 15) is 0 Å². The summed E-state index contributed by atoms with van der Waals surface area (Å²) in [6.45, 7) is 1.10. The molecular formula is C12H18ClNS. The topological polar surface area (TPSA) is 12.0 Å². The molecule has 1 aromatic heterocycles. The molecule has 1 aromatic rings. The minimum Gasteiger partial charge on any atom is -0.314 e. The quantitative estimate of drug-likeness (QED) is 0.847. The molecular weight excluding hydrogens is 226 g/mol. The minimum absolute atomic E-state index is 0.772. The molecule has 0 radical (unpaired) electrons. The lowest BCUT2D eigenvalue weighted by Crippen LogP contribution is -2.32. The van der Waals surface area contributed by atoms with Crippen LogP contribution in [0.25, 0.3) is 0 Å². The van der Waals surface area contributed by atoms with Gasteiger partial charge >= 0.3 is 0 Å². The molecule has 2 rings (SSSR count). The van der Waals surface area contributed by atoms with Crippen LogP contribution in [0, 0.1) is 0 Å². The van der Waals surface area contributed by atoms with E-state index in [4.69, 9.17) is 11.6 Å². The lowest BCUT2D eigenvalue weighted by molar-refractivity contribution is 0.376. The standard InChI is InChI=1S/C12H18ClNS/c13-12-7-6-11(15-12)8-9-14-10-4-2-1-3-5-10/h6-7,10,14H,1-5,8-9H2. The van der Waals surface area contributed by atoms with E-state index in [2.05, 4.69) is 11.4 Å². The van der Waals surface area contributed by atoms with E-state index in [0.717, 1.165) is 23.3 Å². The van der Waals surface area contributed by atoms with Crippen molar-refractivity contribution >= 4 is 22.9 Å². The van der Waals surface area contributed by atoms with Gasteiger partial charge in [-0.1, -0.05) is 30.9 Å². The van der Waals surface area contributed by atoms with Crippen molar-refractivity contribution in [2.24, 2.45) is 0 Å². The Labute approximate surface area is 101 Å². The molecule has 84 valence electrons. The van der Waals surface area contributed by atoms with Crippen LogP contribution in [-0.2, 0) is 6.42 Å². The summed E-state index contributed by atoms with van der Waals surface area (Å²) >= 11 is 7.59. The van der Waals surface area contributed by atoms with Crippen LogP contribution in [-0.4, -0.2) is 12.6 Å². The maximum Gasteiger partial charge on any atom is 0.0931 e. The lowest BCUT2D eigenvalue weighted by atomic mass is 9.95. The zero-order valence-corrected chi connectivity index (χ0v) is 10.5. The number of hydrogen-bond donors (Lipinski definition) is 1. The molecule has 0 aromatic carbocycles. The second kappa shape index (κ2) is 5.88. The zero-order valence-electron chi connectivity index (χ0n) is 8.97. The van der Waals surface area contributed by atoms with Gasteiger partial charge in [0.1, 0.15) is 0 Å². The fourth-order valence-corrected chi connectivity index (χ4v) is 3.28. The van der Waals surface area contributed by atoms with Crippen molar-refractivity contribution in [2.75, 3.05) is 6.54 Å². The van der Waals surface area contributed by atoms with E-state index in [1.54, 1.807) is 11.3 Å². The van der Waals surface area contributed by atoms with Crippen molar-refractivity contribution in [1.29, 1.82) is 0 Å². The highest BCUT2D eigenvalue weighted by Crippen LogP contribution is 2.22. The van der Waals surface area contributed by atoms with Crippen LogP contribution in [0.2, 0.25) is 4.34 Å². The fraction of sp³-hybridized carbons (Fsp3) is 0.667. The molecule has 0 bridgehead atoms. The van der Waals surface area contributed by atoms with E-state index < -0.39 is 0 Å². The fourth-order valence-electron chi connectivity index (χ4n) is 2.19. The summed E-state index contributed by atoms with van der Waals surface area (Å²) in [5, 5.41) is 3.64. The SMILES string of the molecule is Clc1ccc(CCNC2CCCCC2)s1. The Hall–Kier alpha value is -0.0500. The van der Waals surface area contributed by atoms with E-state index >= 15 is 0 Å². The van der Waals surface area contributed by atoms with Gasteiger partial charge in [-0.15, -0.1) is 11.3 Å². The Balaban J connectivity index is 1.65. The third-order valence-electron chi connectivity index (χ3n) is 3.04. The van der Waals surface area contributed by atoms with Gasteiger partial charge in [-0.2, -0.15) is 0 Å². The average Bonchev–Trinajstić information content (AvgIpc) is 2.66.